The summed E-state index contributed by atoms with van der Waals surface area (Å²) in [7, 11) is 0.133. The van der Waals surface area contributed by atoms with E-state index in [4.69, 9.17) is 9.63 Å². The van der Waals surface area contributed by atoms with Gasteiger partial charge in [0.2, 0.25) is 0 Å². The van der Waals surface area contributed by atoms with Gasteiger partial charge in [-0.3, -0.25) is 9.59 Å². The van der Waals surface area contributed by atoms with E-state index in [1.54, 1.807) is 13.6 Å². The van der Waals surface area contributed by atoms with Crippen LogP contribution in [0.2, 0.25) is 0 Å². The fourth-order valence-electron chi connectivity index (χ4n) is 0.659. The molecule has 0 aromatic carbocycles. The van der Waals surface area contributed by atoms with Crippen molar-refractivity contribution in [3.63, 3.8) is 0 Å². The summed E-state index contributed by atoms with van der Waals surface area (Å²) in [6, 6.07) is 0. The standard InChI is InChI=1S/C7H13O4P/c1-5(3-4-6(8)9)7(10)11-12-2/h5,12H,3-4H2,1-2H3,(H,8,9). The van der Waals surface area contributed by atoms with E-state index in [1.165, 1.54) is 0 Å². The van der Waals surface area contributed by atoms with Crippen molar-refractivity contribution in [3.8, 4) is 0 Å². The van der Waals surface area contributed by atoms with Crippen molar-refractivity contribution in [2.75, 3.05) is 6.66 Å². The van der Waals surface area contributed by atoms with E-state index in [1.807, 2.05) is 0 Å². The van der Waals surface area contributed by atoms with Crippen LogP contribution in [0.3, 0.4) is 0 Å². The zero-order valence-electron chi connectivity index (χ0n) is 7.16. The maximum atomic E-state index is 10.9. The second-order valence-electron chi connectivity index (χ2n) is 2.46. The van der Waals surface area contributed by atoms with E-state index in [0.29, 0.717) is 6.42 Å². The van der Waals surface area contributed by atoms with Crippen LogP contribution in [0.25, 0.3) is 0 Å². The normalized spacial score (nSPS) is 13.2. The van der Waals surface area contributed by atoms with Crippen LogP contribution < -0.4 is 0 Å². The topological polar surface area (TPSA) is 63.6 Å². The summed E-state index contributed by atoms with van der Waals surface area (Å²) in [6.45, 7) is 3.42. The lowest BCUT2D eigenvalue weighted by Gasteiger charge is -2.07. The monoisotopic (exact) mass is 192 g/mol. The van der Waals surface area contributed by atoms with Crippen molar-refractivity contribution in [2.24, 2.45) is 5.92 Å². The van der Waals surface area contributed by atoms with Gasteiger partial charge >= 0.3 is 11.9 Å². The van der Waals surface area contributed by atoms with E-state index < -0.39 is 5.97 Å². The highest BCUT2D eigenvalue weighted by Gasteiger charge is 2.14. The summed E-state index contributed by atoms with van der Waals surface area (Å²) in [5.41, 5.74) is 0. The van der Waals surface area contributed by atoms with E-state index in [9.17, 15) is 9.59 Å². The maximum absolute atomic E-state index is 10.9. The van der Waals surface area contributed by atoms with Crippen molar-refractivity contribution in [1.82, 2.24) is 0 Å². The van der Waals surface area contributed by atoms with Crippen LogP contribution in [0.15, 0.2) is 0 Å². The molecule has 0 saturated carbocycles. The molecule has 0 rings (SSSR count). The average Bonchev–Trinajstić information content (AvgIpc) is 2.00. The third-order valence-corrected chi connectivity index (χ3v) is 1.80. The first-order chi connectivity index (χ1) is 5.57. The van der Waals surface area contributed by atoms with Crippen molar-refractivity contribution < 1.29 is 19.2 Å². The van der Waals surface area contributed by atoms with Gasteiger partial charge in [0.05, 0.1) is 14.7 Å². The predicted octanol–water partition coefficient (Wildman–Crippen LogP) is 1.25. The van der Waals surface area contributed by atoms with Crippen LogP contribution in [0.4, 0.5) is 0 Å². The van der Waals surface area contributed by atoms with Crippen LogP contribution >= 0.6 is 8.81 Å². The van der Waals surface area contributed by atoms with Crippen LogP contribution in [-0.2, 0) is 14.1 Å². The van der Waals surface area contributed by atoms with Crippen molar-refractivity contribution in [2.45, 2.75) is 19.8 Å². The lowest BCUT2D eigenvalue weighted by atomic mass is 10.1. The minimum Gasteiger partial charge on any atom is -0.481 e. The predicted molar refractivity (Wildman–Crippen MR) is 46.4 cm³/mol. The Morgan fingerprint density at radius 1 is 1.58 bits per heavy atom. The largest absolute Gasteiger partial charge is 0.481 e. The summed E-state index contributed by atoms with van der Waals surface area (Å²) in [4.78, 5) is 21.1. The molecule has 0 spiro atoms. The van der Waals surface area contributed by atoms with E-state index in [-0.39, 0.29) is 27.1 Å². The molecule has 0 aromatic heterocycles. The van der Waals surface area contributed by atoms with Crippen LogP contribution in [-0.4, -0.2) is 23.7 Å². The summed E-state index contributed by atoms with van der Waals surface area (Å²) in [5.74, 6) is -1.50. The van der Waals surface area contributed by atoms with E-state index in [0.717, 1.165) is 0 Å². The molecule has 0 bridgehead atoms. The van der Waals surface area contributed by atoms with Gasteiger partial charge in [-0.05, 0) is 13.1 Å². The Bertz CT molecular complexity index is 169. The second-order valence-corrected chi connectivity index (χ2v) is 3.07. The maximum Gasteiger partial charge on any atom is 0.311 e. The molecule has 70 valence electrons. The van der Waals surface area contributed by atoms with Gasteiger partial charge in [0.15, 0.2) is 0 Å². The first kappa shape index (κ1) is 11.4. The van der Waals surface area contributed by atoms with E-state index in [2.05, 4.69) is 0 Å². The molecule has 0 saturated heterocycles. The molecule has 1 N–H and O–H groups in total. The molecule has 0 heterocycles. The average molecular weight is 192 g/mol. The van der Waals surface area contributed by atoms with Gasteiger partial charge in [0, 0.05) is 6.42 Å². The number of hydrogen-bond acceptors (Lipinski definition) is 3. The summed E-state index contributed by atoms with van der Waals surface area (Å²) >= 11 is 0. The first-order valence-corrected chi connectivity index (χ1v) is 5.08. The molecule has 0 aliphatic heterocycles. The molecule has 0 amide bonds. The molecule has 12 heavy (non-hydrogen) atoms. The lowest BCUT2D eigenvalue weighted by Crippen LogP contribution is -2.12. The SMILES string of the molecule is CPOC(=O)C(C)CCC(=O)O. The Morgan fingerprint density at radius 3 is 2.58 bits per heavy atom. The smallest absolute Gasteiger partial charge is 0.311 e. The number of hydrogen-bond donors (Lipinski definition) is 1. The van der Waals surface area contributed by atoms with Crippen molar-refractivity contribution in [1.29, 1.82) is 0 Å². The number of carboxylic acids is 1. The molecule has 2 unspecified atom stereocenters. The Kier molecular flexibility index (Phi) is 5.64. The fourth-order valence-corrected chi connectivity index (χ4v) is 1.06. The highest BCUT2D eigenvalue weighted by Crippen LogP contribution is 2.13. The Balaban J connectivity index is 3.63. The summed E-state index contributed by atoms with van der Waals surface area (Å²) in [6.07, 6.45) is 0.363. The number of carboxylic acid groups (broad SMARTS) is 1. The van der Waals surface area contributed by atoms with Crippen molar-refractivity contribution >= 4 is 20.7 Å². The van der Waals surface area contributed by atoms with Crippen molar-refractivity contribution in [3.05, 3.63) is 0 Å². The number of rotatable bonds is 5. The quantitative estimate of drug-likeness (QED) is 0.666. The zero-order valence-corrected chi connectivity index (χ0v) is 8.16. The highest BCUT2D eigenvalue weighted by atomic mass is 31.1. The van der Waals surface area contributed by atoms with Crippen LogP contribution in [0.1, 0.15) is 19.8 Å². The molecule has 0 aliphatic carbocycles. The first-order valence-electron chi connectivity index (χ1n) is 3.67. The zero-order chi connectivity index (χ0) is 9.56. The number of carbonyl (C=O) groups excluding carboxylic acids is 1. The molecule has 0 fully saturated rings. The van der Waals surface area contributed by atoms with Gasteiger partial charge in [-0.25, -0.2) is 0 Å². The lowest BCUT2D eigenvalue weighted by molar-refractivity contribution is -0.139. The molecule has 5 heteroatoms. The van der Waals surface area contributed by atoms with Crippen LogP contribution in [0.5, 0.6) is 0 Å². The van der Waals surface area contributed by atoms with Crippen LogP contribution in [0, 0.1) is 5.92 Å². The minimum atomic E-state index is -0.881. The third-order valence-electron chi connectivity index (χ3n) is 1.40. The molecule has 4 nitrogen and oxygen atoms in total. The van der Waals surface area contributed by atoms with Gasteiger partial charge in [-0.2, -0.15) is 0 Å². The van der Waals surface area contributed by atoms with Gasteiger partial charge in [0.25, 0.3) is 0 Å². The highest BCUT2D eigenvalue weighted by molar-refractivity contribution is 7.31. The van der Waals surface area contributed by atoms with Gasteiger partial charge < -0.3 is 9.63 Å². The molecular weight excluding hydrogens is 179 g/mol. The molecule has 0 radical (unpaired) electrons. The second kappa shape index (κ2) is 5.95. The Labute approximate surface area is 73.2 Å². The Hall–Kier alpha value is -0.630. The molecule has 0 aliphatic rings. The number of carbonyl (C=O) groups is 2. The van der Waals surface area contributed by atoms with Gasteiger partial charge in [-0.1, -0.05) is 6.92 Å². The Morgan fingerprint density at radius 2 is 2.17 bits per heavy atom. The molecule has 0 aromatic rings. The summed E-state index contributed by atoms with van der Waals surface area (Å²) < 4.78 is 4.73. The molecule has 2 atom stereocenters. The fraction of sp³-hybridized carbons (Fsp3) is 0.714. The van der Waals surface area contributed by atoms with Gasteiger partial charge in [-0.15, -0.1) is 0 Å². The molecular formula is C7H13O4P. The summed E-state index contributed by atoms with van der Waals surface area (Å²) in [5, 5.41) is 8.32. The minimum absolute atomic E-state index is 0.0170. The third kappa shape index (κ3) is 5.08. The van der Waals surface area contributed by atoms with Gasteiger partial charge in [0.1, 0.15) is 0 Å². The number of aliphatic carboxylic acids is 1. The van der Waals surface area contributed by atoms with E-state index >= 15 is 0 Å².